The van der Waals surface area contributed by atoms with Crippen LogP contribution in [0, 0.1) is 29.0 Å². The minimum atomic E-state index is -0.673. The molecule has 0 aliphatic heterocycles. The number of pyridine rings is 1. The lowest BCUT2D eigenvalue weighted by Gasteiger charge is -2.45. The Labute approximate surface area is 227 Å². The molecule has 5 nitrogen and oxygen atoms in total. The molecule has 194 valence electrons. The van der Waals surface area contributed by atoms with E-state index in [0.29, 0.717) is 23.5 Å². The first-order chi connectivity index (χ1) is 18.7. The summed E-state index contributed by atoms with van der Waals surface area (Å²) < 4.78 is 15.3. The summed E-state index contributed by atoms with van der Waals surface area (Å²) in [5, 5.41) is 10.7. The van der Waals surface area contributed by atoms with Crippen molar-refractivity contribution >= 4 is 16.7 Å². The number of para-hydroxylation sites is 1. The highest BCUT2D eigenvalue weighted by Gasteiger charge is 2.49. The van der Waals surface area contributed by atoms with Crippen LogP contribution in [0.2, 0.25) is 0 Å². The molecule has 39 heavy (non-hydrogen) atoms. The van der Waals surface area contributed by atoms with Crippen molar-refractivity contribution in [2.75, 3.05) is 0 Å². The Morgan fingerprint density at radius 2 is 1.79 bits per heavy atom. The van der Waals surface area contributed by atoms with Gasteiger partial charge in [0.2, 0.25) is 0 Å². The molecule has 6 heteroatoms. The average Bonchev–Trinajstić information content (AvgIpc) is 2.94. The fourth-order valence-electron chi connectivity index (χ4n) is 6.45. The second-order valence-corrected chi connectivity index (χ2v) is 11.2. The topological polar surface area (TPSA) is 79.5 Å². The van der Waals surface area contributed by atoms with Gasteiger partial charge in [-0.15, -0.1) is 0 Å². The van der Waals surface area contributed by atoms with Gasteiger partial charge >= 0.3 is 0 Å². The zero-order chi connectivity index (χ0) is 27.5. The number of carbonyl (C=O) groups excluding carboxylic acids is 1. The number of fused-ring (bicyclic) bond motifs is 4. The fourth-order valence-corrected chi connectivity index (χ4v) is 6.45. The van der Waals surface area contributed by atoms with E-state index in [-0.39, 0.29) is 34.9 Å². The Bertz CT molecular complexity index is 1730. The number of benzene rings is 2. The summed E-state index contributed by atoms with van der Waals surface area (Å²) in [6.45, 7) is 8.16. The largest absolute Gasteiger partial charge is 0.293 e. The summed E-state index contributed by atoms with van der Waals surface area (Å²) in [7, 11) is 0. The van der Waals surface area contributed by atoms with E-state index in [1.807, 2.05) is 43.3 Å². The first-order valence-electron chi connectivity index (χ1n) is 13.5. The molecule has 2 aromatic heterocycles. The molecule has 6 rings (SSSR count). The van der Waals surface area contributed by atoms with E-state index < -0.39 is 5.41 Å². The molecule has 2 aliphatic rings. The van der Waals surface area contributed by atoms with Gasteiger partial charge in [0.05, 0.1) is 22.5 Å². The van der Waals surface area contributed by atoms with E-state index in [9.17, 15) is 10.1 Å². The number of aromatic nitrogens is 3. The summed E-state index contributed by atoms with van der Waals surface area (Å²) >= 11 is 0. The maximum Gasteiger partial charge on any atom is 0.176 e. The highest BCUT2D eigenvalue weighted by molar-refractivity contribution is 6.02. The van der Waals surface area contributed by atoms with Gasteiger partial charge in [0.1, 0.15) is 11.9 Å². The number of allylic oxidation sites excluding steroid dienone is 2. The van der Waals surface area contributed by atoms with Gasteiger partial charge in [0, 0.05) is 39.1 Å². The molecule has 3 atom stereocenters. The van der Waals surface area contributed by atoms with Gasteiger partial charge in [-0.2, -0.15) is 5.26 Å². The van der Waals surface area contributed by atoms with E-state index in [4.69, 9.17) is 15.0 Å². The van der Waals surface area contributed by atoms with Crippen LogP contribution < -0.4 is 0 Å². The second-order valence-electron chi connectivity index (χ2n) is 11.2. The van der Waals surface area contributed by atoms with E-state index in [2.05, 4.69) is 26.8 Å². The van der Waals surface area contributed by atoms with Crippen LogP contribution in [0.1, 0.15) is 57.0 Å². The number of nitrogens with zero attached hydrogens (tertiary/aromatic N) is 4. The van der Waals surface area contributed by atoms with Crippen LogP contribution in [0.3, 0.4) is 0 Å². The number of hydrogen-bond donors (Lipinski definition) is 0. The highest BCUT2D eigenvalue weighted by Crippen LogP contribution is 2.51. The molecule has 0 fully saturated rings. The third-order valence-corrected chi connectivity index (χ3v) is 8.54. The monoisotopic (exact) mass is 516 g/mol. The Hall–Kier alpha value is -4.24. The summed E-state index contributed by atoms with van der Waals surface area (Å²) in [6.07, 6.45) is 3.15. The Kier molecular flexibility index (Phi) is 5.91. The first-order valence-corrected chi connectivity index (χ1v) is 13.5. The number of Topliss-reactive ketones (excluding diaryl/α,β-unsaturated/α-hetero) is 1. The molecule has 0 spiro atoms. The summed E-state index contributed by atoms with van der Waals surface area (Å²) in [6, 6.07) is 18.8. The number of nitriles is 1. The van der Waals surface area contributed by atoms with E-state index in [1.54, 1.807) is 18.2 Å². The van der Waals surface area contributed by atoms with Gasteiger partial charge in [-0.1, -0.05) is 64.1 Å². The standard InChI is InChI=1S/C33H29FN4O/c1-18(2)28-15-24(21-9-6-8-12-27(21)36-28)32-37-29(22-10-5-7-11-26(22)34)23-13-14-25-19(3)30(39)20(17-35)16-33(25,4)31(23)38-32/h5-12,15-16,18-19,25H,13-14H2,1-4H3/t19-,25-,33-/m1/s1. The van der Waals surface area contributed by atoms with E-state index in [1.165, 1.54) is 6.07 Å². The molecule has 2 heterocycles. The molecule has 0 N–H and O–H groups in total. The van der Waals surface area contributed by atoms with Gasteiger partial charge in [-0.05, 0) is 48.9 Å². The predicted octanol–water partition coefficient (Wildman–Crippen LogP) is 7.11. The molecular formula is C33H29FN4O. The minimum absolute atomic E-state index is 0.0220. The molecule has 0 bridgehead atoms. The van der Waals surface area contributed by atoms with Crippen LogP contribution in [0.15, 0.2) is 66.2 Å². The van der Waals surface area contributed by atoms with Gasteiger partial charge in [0.25, 0.3) is 0 Å². The molecule has 2 aromatic carbocycles. The van der Waals surface area contributed by atoms with Crippen molar-refractivity contribution < 1.29 is 9.18 Å². The highest BCUT2D eigenvalue weighted by atomic mass is 19.1. The van der Waals surface area contributed by atoms with Gasteiger partial charge in [0.15, 0.2) is 11.6 Å². The average molecular weight is 517 g/mol. The number of carbonyl (C=O) groups is 1. The smallest absolute Gasteiger partial charge is 0.176 e. The molecule has 0 unspecified atom stereocenters. The number of ketones is 1. The van der Waals surface area contributed by atoms with Crippen molar-refractivity contribution in [3.05, 3.63) is 89.0 Å². The third-order valence-electron chi connectivity index (χ3n) is 8.54. The van der Waals surface area contributed by atoms with Gasteiger partial charge < -0.3 is 0 Å². The summed E-state index contributed by atoms with van der Waals surface area (Å²) in [4.78, 5) is 28.1. The van der Waals surface area contributed by atoms with Gasteiger partial charge in [-0.3, -0.25) is 9.78 Å². The molecule has 0 saturated carbocycles. The summed E-state index contributed by atoms with van der Waals surface area (Å²) in [5.41, 5.74) is 4.72. The Morgan fingerprint density at radius 3 is 2.54 bits per heavy atom. The van der Waals surface area contributed by atoms with Crippen LogP contribution in [0.25, 0.3) is 33.5 Å². The van der Waals surface area contributed by atoms with Crippen LogP contribution in [0.4, 0.5) is 4.39 Å². The van der Waals surface area contributed by atoms with Crippen molar-refractivity contribution in [2.45, 2.75) is 51.9 Å². The lowest BCUT2D eigenvalue weighted by Crippen LogP contribution is -2.46. The molecule has 4 aromatic rings. The number of rotatable bonds is 3. The Balaban J connectivity index is 1.71. The van der Waals surface area contributed by atoms with E-state index >= 15 is 4.39 Å². The van der Waals surface area contributed by atoms with Crippen molar-refractivity contribution in [1.82, 2.24) is 15.0 Å². The maximum atomic E-state index is 15.3. The van der Waals surface area contributed by atoms with Crippen molar-refractivity contribution in [2.24, 2.45) is 11.8 Å². The zero-order valence-electron chi connectivity index (χ0n) is 22.5. The van der Waals surface area contributed by atoms with Crippen molar-refractivity contribution in [1.29, 1.82) is 5.26 Å². The van der Waals surface area contributed by atoms with Crippen molar-refractivity contribution in [3.8, 4) is 28.7 Å². The molecule has 2 aliphatic carbocycles. The number of halogens is 1. The summed E-state index contributed by atoms with van der Waals surface area (Å²) in [5.74, 6) is -0.122. The molecular weight excluding hydrogens is 487 g/mol. The predicted molar refractivity (Wildman–Crippen MR) is 149 cm³/mol. The quantitative estimate of drug-likeness (QED) is 0.290. The maximum absolute atomic E-state index is 15.3. The van der Waals surface area contributed by atoms with Crippen molar-refractivity contribution in [3.63, 3.8) is 0 Å². The molecule has 0 saturated heterocycles. The SMILES string of the molecule is CC(C)c1cc(-c2nc(-c3ccccc3F)c3c(n2)[C@]2(C)C=C(C#N)C(=O)[C@H](C)[C@H]2CC3)c2ccccc2n1. The molecule has 0 radical (unpaired) electrons. The van der Waals surface area contributed by atoms with Crippen LogP contribution in [0.5, 0.6) is 0 Å². The van der Waals surface area contributed by atoms with E-state index in [0.717, 1.165) is 39.8 Å². The van der Waals surface area contributed by atoms with Crippen LogP contribution >= 0.6 is 0 Å². The van der Waals surface area contributed by atoms with Gasteiger partial charge in [-0.25, -0.2) is 14.4 Å². The zero-order valence-corrected chi connectivity index (χ0v) is 22.5. The van der Waals surface area contributed by atoms with Crippen LogP contribution in [-0.4, -0.2) is 20.7 Å². The number of hydrogen-bond acceptors (Lipinski definition) is 5. The lowest BCUT2D eigenvalue weighted by atomic mass is 9.57. The Morgan fingerprint density at radius 1 is 1.05 bits per heavy atom. The first kappa shape index (κ1) is 25.1. The second kappa shape index (κ2) is 9.20. The normalized spacial score (nSPS) is 22.3. The lowest BCUT2D eigenvalue weighted by molar-refractivity contribution is -0.121. The fraction of sp³-hybridized carbons (Fsp3) is 0.303. The van der Waals surface area contributed by atoms with Crippen LogP contribution in [-0.2, 0) is 16.6 Å². The minimum Gasteiger partial charge on any atom is -0.293 e. The third kappa shape index (κ3) is 3.87. The molecule has 0 amide bonds.